The van der Waals surface area contributed by atoms with Gasteiger partial charge in [-0.05, 0) is 87.8 Å². The largest absolute Gasteiger partial charge is 0.454 e. The number of anilines is 2. The summed E-state index contributed by atoms with van der Waals surface area (Å²) in [7, 11) is -5.85. The Morgan fingerprint density at radius 3 is 1.62 bits per heavy atom. The van der Waals surface area contributed by atoms with Gasteiger partial charge in [-0.1, -0.05) is 30.5 Å². The van der Waals surface area contributed by atoms with E-state index in [9.17, 15) is 9.13 Å². The van der Waals surface area contributed by atoms with Crippen LogP contribution in [0.15, 0.2) is 48.5 Å². The summed E-state index contributed by atoms with van der Waals surface area (Å²) in [4.78, 5) is 8.86. The van der Waals surface area contributed by atoms with Gasteiger partial charge in [-0.3, -0.25) is 4.98 Å². The minimum Gasteiger partial charge on any atom is -0.427 e. The number of hydrogen-bond acceptors (Lipinski definition) is 8. The maximum Gasteiger partial charge on any atom is 0.454 e. The lowest BCUT2D eigenvalue weighted by molar-refractivity contribution is 0.403. The van der Waals surface area contributed by atoms with Gasteiger partial charge in [0.1, 0.15) is 19.4 Å². The highest BCUT2D eigenvalue weighted by molar-refractivity contribution is 7.71. The fraction of sp³-hybridized carbons (Fsp3) is 0.357. The van der Waals surface area contributed by atoms with Crippen molar-refractivity contribution in [2.45, 2.75) is 37.4 Å². The normalized spacial score (nSPS) is 15.2. The molecule has 0 saturated heterocycles. The van der Waals surface area contributed by atoms with Gasteiger partial charge >= 0.3 is 7.12 Å². The Labute approximate surface area is 240 Å². The average Bonchev–Trinajstić information content (AvgIpc) is 3.75. The van der Waals surface area contributed by atoms with Gasteiger partial charge in [-0.2, -0.15) is 0 Å². The van der Waals surface area contributed by atoms with Gasteiger partial charge in [-0.25, -0.2) is 4.98 Å². The van der Waals surface area contributed by atoms with Crippen LogP contribution in [0.5, 0.6) is 0 Å². The molecule has 2 aromatic carbocycles. The first-order chi connectivity index (χ1) is 18.7. The van der Waals surface area contributed by atoms with Crippen molar-refractivity contribution in [2.24, 2.45) is 0 Å². The van der Waals surface area contributed by atoms with E-state index < -0.39 is 21.4 Å². The quantitative estimate of drug-likeness (QED) is 0.107. The third-order valence-electron chi connectivity index (χ3n) is 6.85. The number of pyridine rings is 2. The smallest absolute Gasteiger partial charge is 0.427 e. The van der Waals surface area contributed by atoms with Gasteiger partial charge in [0.25, 0.3) is 0 Å². The van der Waals surface area contributed by atoms with Gasteiger partial charge in [0.05, 0.1) is 11.0 Å². The molecule has 0 unspecified atom stereocenters. The van der Waals surface area contributed by atoms with Crippen molar-refractivity contribution < 1.29 is 19.2 Å². The van der Waals surface area contributed by atoms with Crippen molar-refractivity contribution in [3.63, 3.8) is 0 Å². The summed E-state index contributed by atoms with van der Waals surface area (Å²) in [6, 6.07) is 14.8. The molecule has 2 aromatic heterocycles. The number of hydrogen-bond donors (Lipinski definition) is 4. The van der Waals surface area contributed by atoms with Crippen molar-refractivity contribution in [1.82, 2.24) is 9.97 Å². The Morgan fingerprint density at radius 1 is 0.750 bits per heavy atom. The lowest BCUT2D eigenvalue weighted by Gasteiger charge is -2.14. The van der Waals surface area contributed by atoms with Crippen LogP contribution in [-0.4, -0.2) is 53.8 Å². The average molecular weight is 601 g/mol. The molecule has 12 heteroatoms. The summed E-state index contributed by atoms with van der Waals surface area (Å²) >= 11 is 5.81. The minimum absolute atomic E-state index is 0.213. The van der Waals surface area contributed by atoms with Crippen molar-refractivity contribution in [3.05, 3.63) is 59.4 Å². The fourth-order valence-electron chi connectivity index (χ4n) is 4.60. The lowest BCUT2D eigenvalue weighted by Crippen LogP contribution is -2.11. The van der Waals surface area contributed by atoms with Crippen molar-refractivity contribution in [2.75, 3.05) is 38.1 Å². The van der Waals surface area contributed by atoms with Crippen LogP contribution in [-0.2, 0) is 9.13 Å². The number of halogens is 1. The highest BCUT2D eigenvalue weighted by Gasteiger charge is 2.33. The predicted octanol–water partition coefficient (Wildman–Crippen LogP) is 5.28. The molecule has 0 spiro atoms. The third kappa shape index (κ3) is 7.45. The van der Waals surface area contributed by atoms with Crippen LogP contribution < -0.4 is 22.1 Å². The molecule has 0 atom stereocenters. The summed E-state index contributed by atoms with van der Waals surface area (Å²) in [6.07, 6.45) is 4.47. The Kier molecular flexibility index (Phi) is 9.04. The van der Waals surface area contributed by atoms with E-state index in [2.05, 4.69) is 16.0 Å². The molecule has 2 aliphatic rings. The third-order valence-corrected chi connectivity index (χ3v) is 10.2. The molecule has 2 fully saturated rings. The first kappa shape index (κ1) is 30.6. The van der Waals surface area contributed by atoms with Crippen LogP contribution in [0.4, 0.5) is 11.4 Å². The van der Waals surface area contributed by atoms with E-state index in [1.807, 2.05) is 24.3 Å². The number of nitrogen functional groups attached to an aromatic ring is 2. The SMILES string of the molecule is CP(C)(=O)c1c(N)ccc2nc(C3CC3)ccc12.CP(C)(=O)c1c(N)ccc2nc(Cl)ccc12.OB(O)C1CC1. The van der Waals surface area contributed by atoms with Crippen LogP contribution in [0.1, 0.15) is 37.3 Å². The van der Waals surface area contributed by atoms with E-state index >= 15 is 0 Å². The van der Waals surface area contributed by atoms with E-state index in [4.69, 9.17) is 33.1 Å². The minimum atomic E-state index is -2.42. The zero-order chi connectivity index (χ0) is 29.4. The summed E-state index contributed by atoms with van der Waals surface area (Å²) < 4.78 is 24.6. The lowest BCUT2D eigenvalue weighted by atomic mass is 9.84. The summed E-state index contributed by atoms with van der Waals surface area (Å²) in [5, 5.41) is 20.1. The van der Waals surface area contributed by atoms with Crippen molar-refractivity contribution in [1.29, 1.82) is 0 Å². The highest BCUT2D eigenvalue weighted by Crippen LogP contribution is 2.43. The van der Waals surface area contributed by atoms with E-state index in [-0.39, 0.29) is 5.82 Å². The zero-order valence-electron chi connectivity index (χ0n) is 23.2. The zero-order valence-corrected chi connectivity index (χ0v) is 25.8. The molecule has 2 heterocycles. The maximum absolute atomic E-state index is 12.4. The highest BCUT2D eigenvalue weighted by atomic mass is 35.5. The molecule has 212 valence electrons. The molecular formula is C28H36BClN4O4P2. The molecule has 40 heavy (non-hydrogen) atoms. The Hall–Kier alpha value is -2.41. The molecule has 6 rings (SSSR count). The number of rotatable bonds is 4. The Morgan fingerprint density at radius 2 is 1.23 bits per heavy atom. The monoisotopic (exact) mass is 600 g/mol. The number of nitrogens with zero attached hydrogens (tertiary/aromatic N) is 2. The van der Waals surface area contributed by atoms with E-state index in [1.54, 1.807) is 44.9 Å². The van der Waals surface area contributed by atoms with Gasteiger partial charge in [-0.15, -0.1) is 0 Å². The predicted molar refractivity (Wildman–Crippen MR) is 171 cm³/mol. The van der Waals surface area contributed by atoms with Gasteiger partial charge in [0, 0.05) is 44.4 Å². The van der Waals surface area contributed by atoms with Gasteiger partial charge < -0.3 is 30.6 Å². The summed E-state index contributed by atoms with van der Waals surface area (Å²) in [5.74, 6) is 0.843. The van der Waals surface area contributed by atoms with Crippen LogP contribution in [0, 0.1) is 0 Å². The van der Waals surface area contributed by atoms with Crippen LogP contribution >= 0.6 is 25.9 Å². The second kappa shape index (κ2) is 11.8. The Balaban J connectivity index is 0.000000154. The number of aromatic nitrogens is 2. The topological polar surface area (TPSA) is 152 Å². The second-order valence-electron chi connectivity index (χ2n) is 11.2. The molecule has 4 aromatic rings. The molecule has 2 saturated carbocycles. The second-order valence-corrected chi connectivity index (χ2v) is 17.9. The molecule has 2 aliphatic carbocycles. The molecule has 8 nitrogen and oxygen atoms in total. The summed E-state index contributed by atoms with van der Waals surface area (Å²) in [6.45, 7) is 6.92. The van der Waals surface area contributed by atoms with Crippen LogP contribution in [0.2, 0.25) is 11.0 Å². The van der Waals surface area contributed by atoms with Crippen molar-refractivity contribution >= 4 is 76.8 Å². The standard InChI is InChI=1S/C14H17N2OP.C11H12ClN2OP.C3H7BO2/c1-18(2,17)14-10-5-7-12(9-3-4-9)16-13(10)8-6-11(14)15;1-16(2,15)11-7-3-6-10(12)14-9(7)5-4-8(11)13;5-4(6)3-1-2-3/h5-9H,3-4,15H2,1-2H3;3-6H,13H2,1-2H3;3,5-6H,1-2H2. The Bertz CT molecular complexity index is 1650. The molecule has 6 N–H and O–H groups in total. The number of fused-ring (bicyclic) bond motifs is 2. The van der Waals surface area contributed by atoms with Crippen LogP contribution in [0.3, 0.4) is 0 Å². The molecular weight excluding hydrogens is 565 g/mol. The molecule has 0 bridgehead atoms. The number of benzene rings is 2. The molecule has 0 amide bonds. The van der Waals surface area contributed by atoms with E-state index in [1.165, 1.54) is 12.8 Å². The first-order valence-electron chi connectivity index (χ1n) is 13.2. The molecule has 0 aliphatic heterocycles. The van der Waals surface area contributed by atoms with Gasteiger partial charge in [0.2, 0.25) is 0 Å². The van der Waals surface area contributed by atoms with E-state index in [0.29, 0.717) is 27.8 Å². The first-order valence-corrected chi connectivity index (χ1v) is 18.8. The fourth-order valence-corrected chi connectivity index (χ4v) is 7.69. The molecule has 0 radical (unpaired) electrons. The van der Waals surface area contributed by atoms with Gasteiger partial charge in [0.15, 0.2) is 0 Å². The van der Waals surface area contributed by atoms with Crippen molar-refractivity contribution in [3.8, 4) is 0 Å². The maximum atomic E-state index is 12.4. The number of nitrogens with two attached hydrogens (primary N) is 2. The van der Waals surface area contributed by atoms with Crippen LogP contribution in [0.25, 0.3) is 21.8 Å². The van der Waals surface area contributed by atoms with E-state index in [0.717, 1.165) is 45.6 Å². The summed E-state index contributed by atoms with van der Waals surface area (Å²) in [5.41, 5.74) is 15.8.